The van der Waals surface area contributed by atoms with Crippen molar-refractivity contribution in [2.45, 2.75) is 20.3 Å². The highest BCUT2D eigenvalue weighted by atomic mass is 16.1. The molecule has 1 aromatic rings. The molecule has 0 atom stereocenters. The topological polar surface area (TPSA) is 54.0 Å². The summed E-state index contributed by atoms with van der Waals surface area (Å²) in [6.45, 7) is 4.97. The standard InChI is InChI=1S/C12H19N3O/c1-9(2)6-8-15-12(16)10-5-4-7-14-11(10)13-3/h4-5,7,9H,6,8H2,1-3H3,(H,13,14)(H,15,16). The number of nitrogens with zero attached hydrogens (tertiary/aromatic N) is 1. The molecule has 0 aliphatic carbocycles. The molecular formula is C12H19N3O. The van der Waals surface area contributed by atoms with Crippen molar-refractivity contribution in [1.82, 2.24) is 10.3 Å². The van der Waals surface area contributed by atoms with E-state index >= 15 is 0 Å². The normalized spacial score (nSPS) is 10.2. The van der Waals surface area contributed by atoms with Crippen molar-refractivity contribution in [3.05, 3.63) is 23.9 Å². The average Bonchev–Trinajstić information content (AvgIpc) is 2.28. The number of amides is 1. The first-order valence-electron chi connectivity index (χ1n) is 5.56. The van der Waals surface area contributed by atoms with Crippen LogP contribution in [0.3, 0.4) is 0 Å². The fraction of sp³-hybridized carbons (Fsp3) is 0.500. The van der Waals surface area contributed by atoms with Gasteiger partial charge in [0.25, 0.3) is 5.91 Å². The van der Waals surface area contributed by atoms with Gasteiger partial charge in [-0.1, -0.05) is 13.8 Å². The van der Waals surface area contributed by atoms with Gasteiger partial charge in [-0.25, -0.2) is 4.98 Å². The first kappa shape index (κ1) is 12.5. The fourth-order valence-corrected chi connectivity index (χ4v) is 1.36. The summed E-state index contributed by atoms with van der Waals surface area (Å²) < 4.78 is 0. The number of pyridine rings is 1. The van der Waals surface area contributed by atoms with Crippen LogP contribution in [0, 0.1) is 5.92 Å². The van der Waals surface area contributed by atoms with E-state index < -0.39 is 0 Å². The van der Waals surface area contributed by atoms with Gasteiger partial charge in [0.15, 0.2) is 0 Å². The van der Waals surface area contributed by atoms with Crippen LogP contribution in [-0.2, 0) is 0 Å². The number of hydrogen-bond acceptors (Lipinski definition) is 3. The molecule has 0 saturated carbocycles. The largest absolute Gasteiger partial charge is 0.372 e. The van der Waals surface area contributed by atoms with Crippen molar-refractivity contribution in [2.75, 3.05) is 18.9 Å². The molecule has 1 heterocycles. The summed E-state index contributed by atoms with van der Waals surface area (Å²) in [6.07, 6.45) is 2.65. The summed E-state index contributed by atoms with van der Waals surface area (Å²) in [5.74, 6) is 1.14. The molecule has 0 saturated heterocycles. The number of carbonyl (C=O) groups is 1. The van der Waals surface area contributed by atoms with Crippen molar-refractivity contribution in [1.29, 1.82) is 0 Å². The van der Waals surface area contributed by atoms with Crippen LogP contribution in [0.25, 0.3) is 0 Å². The van der Waals surface area contributed by atoms with E-state index in [-0.39, 0.29) is 5.91 Å². The molecule has 1 amide bonds. The van der Waals surface area contributed by atoms with E-state index in [1.165, 1.54) is 0 Å². The summed E-state index contributed by atoms with van der Waals surface area (Å²) in [7, 11) is 1.76. The number of nitrogens with one attached hydrogen (secondary N) is 2. The molecule has 4 heteroatoms. The number of aromatic nitrogens is 1. The minimum Gasteiger partial charge on any atom is -0.372 e. The van der Waals surface area contributed by atoms with Crippen molar-refractivity contribution >= 4 is 11.7 Å². The van der Waals surface area contributed by atoms with Gasteiger partial charge in [0.05, 0.1) is 5.56 Å². The van der Waals surface area contributed by atoms with E-state index in [2.05, 4.69) is 29.5 Å². The maximum atomic E-state index is 11.8. The second kappa shape index (κ2) is 6.10. The SMILES string of the molecule is CNc1ncccc1C(=O)NCCC(C)C. The predicted molar refractivity (Wildman–Crippen MR) is 65.6 cm³/mol. The van der Waals surface area contributed by atoms with Crippen molar-refractivity contribution < 1.29 is 4.79 Å². The third-order valence-corrected chi connectivity index (χ3v) is 2.30. The number of anilines is 1. The molecule has 0 radical (unpaired) electrons. The van der Waals surface area contributed by atoms with Gasteiger partial charge in [0, 0.05) is 19.8 Å². The molecule has 0 aromatic carbocycles. The second-order valence-corrected chi connectivity index (χ2v) is 4.09. The molecule has 0 aliphatic rings. The molecule has 0 spiro atoms. The maximum Gasteiger partial charge on any atom is 0.255 e. The number of rotatable bonds is 5. The predicted octanol–water partition coefficient (Wildman–Crippen LogP) is 1.90. The van der Waals surface area contributed by atoms with Gasteiger partial charge in [0.1, 0.15) is 5.82 Å². The van der Waals surface area contributed by atoms with E-state index in [9.17, 15) is 4.79 Å². The smallest absolute Gasteiger partial charge is 0.255 e. The van der Waals surface area contributed by atoms with Gasteiger partial charge >= 0.3 is 0 Å². The van der Waals surface area contributed by atoms with Crippen molar-refractivity contribution in [2.24, 2.45) is 5.92 Å². The maximum absolute atomic E-state index is 11.8. The first-order valence-corrected chi connectivity index (χ1v) is 5.56. The Hall–Kier alpha value is -1.58. The van der Waals surface area contributed by atoms with Crippen LogP contribution in [0.4, 0.5) is 5.82 Å². The van der Waals surface area contributed by atoms with E-state index in [4.69, 9.17) is 0 Å². The third kappa shape index (κ3) is 3.53. The van der Waals surface area contributed by atoms with Crippen LogP contribution in [0.1, 0.15) is 30.6 Å². The van der Waals surface area contributed by atoms with E-state index in [0.717, 1.165) is 6.42 Å². The van der Waals surface area contributed by atoms with Gasteiger partial charge < -0.3 is 10.6 Å². The molecule has 1 aromatic heterocycles. The summed E-state index contributed by atoms with van der Waals surface area (Å²) in [5.41, 5.74) is 0.591. The van der Waals surface area contributed by atoms with Crippen LogP contribution in [0.15, 0.2) is 18.3 Å². The van der Waals surface area contributed by atoms with E-state index in [1.54, 1.807) is 25.4 Å². The molecule has 1 rings (SSSR count). The number of hydrogen-bond donors (Lipinski definition) is 2. The lowest BCUT2D eigenvalue weighted by molar-refractivity contribution is 0.0952. The highest BCUT2D eigenvalue weighted by Crippen LogP contribution is 2.10. The zero-order valence-corrected chi connectivity index (χ0v) is 10.1. The first-order chi connectivity index (χ1) is 7.65. The highest BCUT2D eigenvalue weighted by molar-refractivity contribution is 5.98. The summed E-state index contributed by atoms with van der Waals surface area (Å²) in [4.78, 5) is 15.9. The van der Waals surface area contributed by atoms with Gasteiger partial charge in [-0.05, 0) is 24.5 Å². The molecular weight excluding hydrogens is 202 g/mol. The van der Waals surface area contributed by atoms with E-state index in [0.29, 0.717) is 23.8 Å². The molecule has 0 bridgehead atoms. The summed E-state index contributed by atoms with van der Waals surface area (Å²) in [5, 5.41) is 5.79. The van der Waals surface area contributed by atoms with Gasteiger partial charge in [-0.2, -0.15) is 0 Å². The lowest BCUT2D eigenvalue weighted by Gasteiger charge is -2.09. The number of carbonyl (C=O) groups excluding carboxylic acids is 1. The second-order valence-electron chi connectivity index (χ2n) is 4.09. The van der Waals surface area contributed by atoms with Crippen LogP contribution >= 0.6 is 0 Å². The van der Waals surface area contributed by atoms with Crippen molar-refractivity contribution in [3.63, 3.8) is 0 Å². The lowest BCUT2D eigenvalue weighted by Crippen LogP contribution is -2.26. The van der Waals surface area contributed by atoms with Gasteiger partial charge in [0.2, 0.25) is 0 Å². The minimum atomic E-state index is -0.0712. The third-order valence-electron chi connectivity index (χ3n) is 2.30. The zero-order chi connectivity index (χ0) is 12.0. The Bertz CT molecular complexity index is 350. The van der Waals surface area contributed by atoms with Crippen LogP contribution in [0.5, 0.6) is 0 Å². The zero-order valence-electron chi connectivity index (χ0n) is 10.1. The Morgan fingerprint density at radius 3 is 2.88 bits per heavy atom. The Labute approximate surface area is 96.5 Å². The fourth-order valence-electron chi connectivity index (χ4n) is 1.36. The Morgan fingerprint density at radius 2 is 2.25 bits per heavy atom. The molecule has 4 nitrogen and oxygen atoms in total. The molecule has 16 heavy (non-hydrogen) atoms. The highest BCUT2D eigenvalue weighted by Gasteiger charge is 2.10. The van der Waals surface area contributed by atoms with Crippen molar-refractivity contribution in [3.8, 4) is 0 Å². The minimum absolute atomic E-state index is 0.0712. The average molecular weight is 221 g/mol. The van der Waals surface area contributed by atoms with Crippen LogP contribution < -0.4 is 10.6 Å². The van der Waals surface area contributed by atoms with Crippen LogP contribution in [0.2, 0.25) is 0 Å². The lowest BCUT2D eigenvalue weighted by atomic mass is 10.1. The molecule has 0 aliphatic heterocycles. The Balaban J connectivity index is 2.59. The summed E-state index contributed by atoms with van der Waals surface area (Å²) >= 11 is 0. The molecule has 2 N–H and O–H groups in total. The molecule has 0 unspecified atom stereocenters. The van der Waals surface area contributed by atoms with Gasteiger partial charge in [-0.15, -0.1) is 0 Å². The molecule has 88 valence electrons. The summed E-state index contributed by atoms with van der Waals surface area (Å²) in [6, 6.07) is 3.53. The van der Waals surface area contributed by atoms with Gasteiger partial charge in [-0.3, -0.25) is 4.79 Å². The van der Waals surface area contributed by atoms with Crippen LogP contribution in [-0.4, -0.2) is 24.5 Å². The van der Waals surface area contributed by atoms with E-state index in [1.807, 2.05) is 0 Å². The molecule has 0 fully saturated rings. The Morgan fingerprint density at radius 1 is 1.50 bits per heavy atom. The quantitative estimate of drug-likeness (QED) is 0.798. The Kier molecular flexibility index (Phi) is 4.76. The monoisotopic (exact) mass is 221 g/mol.